The summed E-state index contributed by atoms with van der Waals surface area (Å²) in [5.41, 5.74) is 2.20. The molecule has 1 N–H and O–H groups in total. The van der Waals surface area contributed by atoms with Gasteiger partial charge in [-0.1, -0.05) is 28.1 Å². The zero-order valence-electron chi connectivity index (χ0n) is 9.74. The lowest BCUT2D eigenvalue weighted by atomic mass is 10.1. The summed E-state index contributed by atoms with van der Waals surface area (Å²) < 4.78 is 6.53. The first-order chi connectivity index (χ1) is 8.28. The molecule has 0 bridgehead atoms. The van der Waals surface area contributed by atoms with Gasteiger partial charge in [-0.2, -0.15) is 0 Å². The van der Waals surface area contributed by atoms with E-state index in [9.17, 15) is 0 Å². The number of oxazole rings is 1. The number of likely N-dealkylation sites (N-methyl/N-ethyl adjacent to an activating group) is 1. The van der Waals surface area contributed by atoms with Crippen LogP contribution in [-0.4, -0.2) is 18.6 Å². The number of hydrogen-bond donors (Lipinski definition) is 1. The molecule has 2 rings (SSSR count). The van der Waals surface area contributed by atoms with Crippen molar-refractivity contribution in [1.82, 2.24) is 10.3 Å². The molecule has 0 atom stereocenters. The van der Waals surface area contributed by atoms with Crippen molar-refractivity contribution in [3.63, 3.8) is 0 Å². The van der Waals surface area contributed by atoms with E-state index in [0.717, 1.165) is 35.4 Å². The van der Waals surface area contributed by atoms with Crippen LogP contribution in [0.25, 0.3) is 0 Å². The zero-order valence-corrected chi connectivity index (χ0v) is 11.3. The number of nitrogens with one attached hydrogen (secondary N) is 1. The fourth-order valence-electron chi connectivity index (χ4n) is 1.62. The third-order valence-corrected chi connectivity index (χ3v) is 2.97. The Morgan fingerprint density at radius 2 is 2.29 bits per heavy atom. The number of rotatable bonds is 5. The van der Waals surface area contributed by atoms with E-state index in [0.29, 0.717) is 0 Å². The number of hydrogen-bond acceptors (Lipinski definition) is 3. The molecule has 0 aliphatic rings. The van der Waals surface area contributed by atoms with E-state index in [1.54, 1.807) is 6.26 Å². The van der Waals surface area contributed by atoms with Gasteiger partial charge in [-0.25, -0.2) is 4.98 Å². The maximum absolute atomic E-state index is 5.45. The summed E-state index contributed by atoms with van der Waals surface area (Å²) in [5, 5.41) is 3.09. The normalized spacial score (nSPS) is 10.7. The minimum Gasteiger partial charge on any atom is -0.448 e. The minimum absolute atomic E-state index is 0.735. The summed E-state index contributed by atoms with van der Waals surface area (Å²) in [4.78, 5) is 4.45. The van der Waals surface area contributed by atoms with Gasteiger partial charge in [0, 0.05) is 23.9 Å². The van der Waals surface area contributed by atoms with Crippen LogP contribution >= 0.6 is 15.9 Å². The topological polar surface area (TPSA) is 38.1 Å². The Morgan fingerprint density at radius 3 is 3.06 bits per heavy atom. The lowest BCUT2D eigenvalue weighted by Gasteiger charge is -1.97. The van der Waals surface area contributed by atoms with Crippen molar-refractivity contribution in [2.75, 3.05) is 13.6 Å². The second-order valence-electron chi connectivity index (χ2n) is 3.89. The molecule has 0 fully saturated rings. The lowest BCUT2D eigenvalue weighted by Crippen LogP contribution is -2.10. The van der Waals surface area contributed by atoms with Crippen molar-refractivity contribution >= 4 is 15.9 Å². The number of nitrogens with zero attached hydrogens (tertiary/aromatic N) is 1. The predicted octanol–water partition coefficient (Wildman–Crippen LogP) is 2.79. The van der Waals surface area contributed by atoms with Crippen molar-refractivity contribution < 1.29 is 4.42 Å². The highest BCUT2D eigenvalue weighted by molar-refractivity contribution is 9.10. The summed E-state index contributed by atoms with van der Waals surface area (Å²) >= 11 is 3.46. The van der Waals surface area contributed by atoms with Crippen molar-refractivity contribution in [3.05, 3.63) is 52.1 Å². The first kappa shape index (κ1) is 12.3. The van der Waals surface area contributed by atoms with E-state index in [-0.39, 0.29) is 0 Å². The van der Waals surface area contributed by atoms with Gasteiger partial charge in [0.25, 0.3) is 0 Å². The molecule has 0 aliphatic heterocycles. The molecule has 1 aromatic heterocycles. The lowest BCUT2D eigenvalue weighted by molar-refractivity contribution is 0.506. The van der Waals surface area contributed by atoms with Gasteiger partial charge in [0.05, 0.1) is 5.69 Å². The molecule has 0 unspecified atom stereocenters. The zero-order chi connectivity index (χ0) is 12.1. The maximum atomic E-state index is 5.45. The molecule has 2 aromatic rings. The van der Waals surface area contributed by atoms with Gasteiger partial charge < -0.3 is 9.73 Å². The molecule has 3 nitrogen and oxygen atoms in total. The highest BCUT2D eigenvalue weighted by Gasteiger charge is 2.05. The van der Waals surface area contributed by atoms with Gasteiger partial charge in [0.2, 0.25) is 0 Å². The molecule has 0 amide bonds. The molecular weight excluding hydrogens is 280 g/mol. The van der Waals surface area contributed by atoms with Crippen LogP contribution < -0.4 is 5.32 Å². The molecule has 4 heteroatoms. The highest BCUT2D eigenvalue weighted by Crippen LogP contribution is 2.15. The molecule has 17 heavy (non-hydrogen) atoms. The fraction of sp³-hybridized carbons (Fsp3) is 0.308. The van der Waals surface area contributed by atoms with E-state index in [1.807, 2.05) is 19.2 Å². The third-order valence-electron chi connectivity index (χ3n) is 2.47. The van der Waals surface area contributed by atoms with Crippen molar-refractivity contribution in [1.29, 1.82) is 0 Å². The van der Waals surface area contributed by atoms with E-state index in [2.05, 4.69) is 38.4 Å². The van der Waals surface area contributed by atoms with Crippen LogP contribution in [0.1, 0.15) is 17.1 Å². The second-order valence-corrected chi connectivity index (χ2v) is 4.81. The first-order valence-corrected chi connectivity index (χ1v) is 6.39. The van der Waals surface area contributed by atoms with E-state index in [4.69, 9.17) is 4.42 Å². The maximum Gasteiger partial charge on any atom is 0.198 e. The Labute approximate surface area is 109 Å². The average Bonchev–Trinajstić information content (AvgIpc) is 2.74. The van der Waals surface area contributed by atoms with Crippen LogP contribution in [0.3, 0.4) is 0 Å². The Balaban J connectivity index is 2.01. The van der Waals surface area contributed by atoms with Crippen LogP contribution in [0.4, 0.5) is 0 Å². The van der Waals surface area contributed by atoms with Crippen LogP contribution in [0, 0.1) is 0 Å². The number of aromatic nitrogens is 1. The average molecular weight is 295 g/mol. The minimum atomic E-state index is 0.735. The van der Waals surface area contributed by atoms with Crippen molar-refractivity contribution in [3.8, 4) is 0 Å². The Morgan fingerprint density at radius 1 is 1.41 bits per heavy atom. The second kappa shape index (κ2) is 5.98. The quantitative estimate of drug-likeness (QED) is 0.921. The summed E-state index contributed by atoms with van der Waals surface area (Å²) in [7, 11) is 1.93. The van der Waals surface area contributed by atoms with Crippen LogP contribution in [0.2, 0.25) is 0 Å². The predicted molar refractivity (Wildman–Crippen MR) is 71.1 cm³/mol. The molecule has 1 aromatic carbocycles. The third kappa shape index (κ3) is 3.68. The molecule has 0 aliphatic carbocycles. The summed E-state index contributed by atoms with van der Waals surface area (Å²) in [5.74, 6) is 0.772. The van der Waals surface area contributed by atoms with Crippen LogP contribution in [0.5, 0.6) is 0 Å². The monoisotopic (exact) mass is 294 g/mol. The Kier molecular flexibility index (Phi) is 4.34. The largest absolute Gasteiger partial charge is 0.448 e. The van der Waals surface area contributed by atoms with Gasteiger partial charge in [0.1, 0.15) is 6.26 Å². The van der Waals surface area contributed by atoms with Gasteiger partial charge in [0.15, 0.2) is 5.89 Å². The molecule has 0 saturated carbocycles. The SMILES string of the molecule is CNCCc1coc(Cc2cccc(Br)c2)n1. The molecule has 1 heterocycles. The summed E-state index contributed by atoms with van der Waals surface area (Å²) in [6.45, 7) is 0.920. The highest BCUT2D eigenvalue weighted by atomic mass is 79.9. The Hall–Kier alpha value is -1.13. The van der Waals surface area contributed by atoms with Gasteiger partial charge >= 0.3 is 0 Å². The van der Waals surface area contributed by atoms with Crippen molar-refractivity contribution in [2.24, 2.45) is 0 Å². The summed E-state index contributed by atoms with van der Waals surface area (Å²) in [6.07, 6.45) is 3.38. The summed E-state index contributed by atoms with van der Waals surface area (Å²) in [6, 6.07) is 8.18. The van der Waals surface area contributed by atoms with E-state index in [1.165, 1.54) is 5.56 Å². The molecule has 90 valence electrons. The van der Waals surface area contributed by atoms with E-state index >= 15 is 0 Å². The molecule has 0 spiro atoms. The molecular formula is C13H15BrN2O. The van der Waals surface area contributed by atoms with Crippen LogP contribution in [-0.2, 0) is 12.8 Å². The van der Waals surface area contributed by atoms with Gasteiger partial charge in [-0.3, -0.25) is 0 Å². The number of halogens is 1. The van der Waals surface area contributed by atoms with Crippen molar-refractivity contribution in [2.45, 2.75) is 12.8 Å². The van der Waals surface area contributed by atoms with Gasteiger partial charge in [-0.15, -0.1) is 0 Å². The number of benzene rings is 1. The fourth-order valence-corrected chi connectivity index (χ4v) is 2.07. The smallest absolute Gasteiger partial charge is 0.198 e. The standard InChI is InChI=1S/C13H15BrN2O/c1-15-6-5-12-9-17-13(16-12)8-10-3-2-4-11(14)7-10/h2-4,7,9,15H,5-6,8H2,1H3. The Bertz CT molecular complexity index is 482. The molecule has 0 saturated heterocycles. The van der Waals surface area contributed by atoms with Crippen LogP contribution in [0.15, 0.2) is 39.4 Å². The van der Waals surface area contributed by atoms with E-state index < -0.39 is 0 Å². The first-order valence-electron chi connectivity index (χ1n) is 5.60. The van der Waals surface area contributed by atoms with Gasteiger partial charge in [-0.05, 0) is 24.7 Å². The molecule has 0 radical (unpaired) electrons.